The van der Waals surface area contributed by atoms with Crippen molar-refractivity contribution in [3.05, 3.63) is 0 Å². The van der Waals surface area contributed by atoms with Gasteiger partial charge in [-0.1, -0.05) is 58.5 Å². The Labute approximate surface area is 123 Å². The fraction of sp³-hybridized carbons (Fsp3) is 0.765. The lowest BCUT2D eigenvalue weighted by Crippen LogP contribution is -2.16. The highest BCUT2D eigenvalue weighted by Crippen LogP contribution is 2.07. The normalized spacial score (nSPS) is 11.3. The molecule has 0 saturated heterocycles. The van der Waals surface area contributed by atoms with Gasteiger partial charge in [-0.25, -0.2) is 0 Å². The smallest absolute Gasteiger partial charge is 0.129 e. The highest BCUT2D eigenvalue weighted by Gasteiger charge is 2.07. The van der Waals surface area contributed by atoms with E-state index in [4.69, 9.17) is 0 Å². The Bertz CT molecular complexity index is 311. The summed E-state index contributed by atoms with van der Waals surface area (Å²) >= 11 is 0. The average molecular weight is 293 g/mol. The second kappa shape index (κ2) is 9.46. The lowest BCUT2D eigenvalue weighted by atomic mass is 10.1. The van der Waals surface area contributed by atoms with Crippen LogP contribution in [-0.4, -0.2) is 16.1 Å². The molecule has 0 rings (SSSR count). The molecule has 0 atom stereocenters. The monoisotopic (exact) mass is 292 g/mol. The van der Waals surface area contributed by atoms with Gasteiger partial charge in [-0.15, -0.1) is 22.9 Å². The van der Waals surface area contributed by atoms with Gasteiger partial charge in [0.2, 0.25) is 0 Å². The molecule has 0 fully saturated rings. The van der Waals surface area contributed by atoms with E-state index in [1.54, 1.807) is 0 Å². The van der Waals surface area contributed by atoms with Crippen LogP contribution >= 0.6 is 0 Å². The van der Waals surface area contributed by atoms with Gasteiger partial charge in [-0.3, -0.25) is 0 Å². The highest BCUT2D eigenvalue weighted by molar-refractivity contribution is 6.84. The minimum Gasteiger partial charge on any atom is -0.132 e. The zero-order valence-electron chi connectivity index (χ0n) is 13.9. The predicted molar refractivity (Wildman–Crippen MR) is 94.6 cm³/mol. The third-order valence-corrected chi connectivity index (χ3v) is 4.38. The molecule has 108 valence electrons. The van der Waals surface area contributed by atoms with Crippen LogP contribution in [0.3, 0.4) is 0 Å². The van der Waals surface area contributed by atoms with Gasteiger partial charge in [-0.05, 0) is 12.8 Å². The first kappa shape index (κ1) is 18.6. The summed E-state index contributed by atoms with van der Waals surface area (Å²) in [6.45, 7) is 13.8. The van der Waals surface area contributed by atoms with Crippen LogP contribution in [0.25, 0.3) is 0 Å². The van der Waals surface area contributed by atoms with Crippen LogP contribution < -0.4 is 0 Å². The van der Waals surface area contributed by atoms with E-state index in [0.29, 0.717) is 0 Å². The standard InChI is InChI=1S/C17H32Si2/c1-18(2,3)16-14-12-10-8-7-9-11-13-15-17-19(4,5)6/h7-13H2,1-6H3. The summed E-state index contributed by atoms with van der Waals surface area (Å²) < 4.78 is 0. The number of hydrogen-bond donors (Lipinski definition) is 0. The van der Waals surface area contributed by atoms with E-state index < -0.39 is 16.1 Å². The van der Waals surface area contributed by atoms with Crippen LogP contribution in [0.15, 0.2) is 0 Å². The van der Waals surface area contributed by atoms with Gasteiger partial charge in [-0.2, -0.15) is 0 Å². The largest absolute Gasteiger partial charge is 0.132 e. The van der Waals surface area contributed by atoms with Crippen molar-refractivity contribution >= 4 is 16.1 Å². The Morgan fingerprint density at radius 1 is 0.526 bits per heavy atom. The van der Waals surface area contributed by atoms with E-state index in [9.17, 15) is 0 Å². The first-order valence-corrected chi connectivity index (χ1v) is 14.7. The molecule has 19 heavy (non-hydrogen) atoms. The molecule has 0 unspecified atom stereocenters. The first-order chi connectivity index (χ1) is 8.71. The fourth-order valence-electron chi connectivity index (χ4n) is 1.61. The quantitative estimate of drug-likeness (QED) is 0.345. The van der Waals surface area contributed by atoms with Gasteiger partial charge in [0.1, 0.15) is 16.1 Å². The third-order valence-electron chi connectivity index (χ3n) is 2.53. The molecule has 2 heteroatoms. The SMILES string of the molecule is C[Si](C)(C)C#CCCCCCCCC#C[Si](C)(C)C. The molecule has 0 aromatic rings. The Balaban J connectivity index is 3.41. The first-order valence-electron chi connectivity index (χ1n) is 7.71. The maximum Gasteiger partial charge on any atom is 0.129 e. The summed E-state index contributed by atoms with van der Waals surface area (Å²) in [5.74, 6) is 6.69. The van der Waals surface area contributed by atoms with Crippen LogP contribution in [0.4, 0.5) is 0 Å². The third kappa shape index (κ3) is 17.6. The Kier molecular flexibility index (Phi) is 9.23. The molecule has 0 nitrogen and oxygen atoms in total. The topological polar surface area (TPSA) is 0 Å². The van der Waals surface area contributed by atoms with E-state index in [0.717, 1.165) is 12.8 Å². The van der Waals surface area contributed by atoms with Gasteiger partial charge in [0.05, 0.1) is 0 Å². The van der Waals surface area contributed by atoms with Crippen molar-refractivity contribution in [2.45, 2.75) is 84.2 Å². The van der Waals surface area contributed by atoms with E-state index in [-0.39, 0.29) is 0 Å². The summed E-state index contributed by atoms with van der Waals surface area (Å²) in [5, 5.41) is 0. The highest BCUT2D eigenvalue weighted by atomic mass is 28.3. The van der Waals surface area contributed by atoms with E-state index >= 15 is 0 Å². The molecular weight excluding hydrogens is 260 g/mol. The lowest BCUT2D eigenvalue weighted by Gasteiger charge is -2.03. The average Bonchev–Trinajstić information content (AvgIpc) is 2.22. The van der Waals surface area contributed by atoms with Crippen molar-refractivity contribution in [2.24, 2.45) is 0 Å². The predicted octanol–water partition coefficient (Wildman–Crippen LogP) is 5.48. The van der Waals surface area contributed by atoms with Gasteiger partial charge in [0, 0.05) is 12.8 Å². The van der Waals surface area contributed by atoms with Crippen LogP contribution in [0, 0.1) is 22.9 Å². The van der Waals surface area contributed by atoms with Gasteiger partial charge in [0.25, 0.3) is 0 Å². The Hall–Kier alpha value is -0.446. The molecule has 0 aliphatic carbocycles. The van der Waals surface area contributed by atoms with Crippen molar-refractivity contribution in [1.29, 1.82) is 0 Å². The zero-order chi connectivity index (χ0) is 14.8. The minimum absolute atomic E-state index is 1.10. The second-order valence-corrected chi connectivity index (χ2v) is 16.9. The summed E-state index contributed by atoms with van der Waals surface area (Å²) in [6.07, 6.45) is 8.77. The fourth-order valence-corrected chi connectivity index (χ4v) is 2.92. The van der Waals surface area contributed by atoms with E-state index in [2.05, 4.69) is 62.2 Å². The maximum atomic E-state index is 3.43. The number of rotatable bonds is 6. The molecule has 0 aromatic carbocycles. The molecule has 0 spiro atoms. The lowest BCUT2D eigenvalue weighted by molar-refractivity contribution is 0.628. The van der Waals surface area contributed by atoms with Crippen molar-refractivity contribution < 1.29 is 0 Å². The van der Waals surface area contributed by atoms with Crippen molar-refractivity contribution in [2.75, 3.05) is 0 Å². The van der Waals surface area contributed by atoms with Crippen molar-refractivity contribution in [3.63, 3.8) is 0 Å². The van der Waals surface area contributed by atoms with E-state index in [1.165, 1.54) is 32.1 Å². The van der Waals surface area contributed by atoms with E-state index in [1.807, 2.05) is 0 Å². The molecule has 0 saturated carbocycles. The van der Waals surface area contributed by atoms with Gasteiger partial charge in [0.15, 0.2) is 0 Å². The summed E-state index contributed by atoms with van der Waals surface area (Å²) in [7, 11) is -2.27. The maximum absolute atomic E-state index is 3.43. The molecular formula is C17H32Si2. The summed E-state index contributed by atoms with van der Waals surface area (Å²) in [6, 6.07) is 0. The molecule has 0 heterocycles. The Morgan fingerprint density at radius 2 is 0.842 bits per heavy atom. The minimum atomic E-state index is -1.14. The summed E-state index contributed by atoms with van der Waals surface area (Å²) in [5.41, 5.74) is 6.86. The van der Waals surface area contributed by atoms with Crippen LogP contribution in [0.2, 0.25) is 39.3 Å². The molecule has 0 aliphatic rings. The van der Waals surface area contributed by atoms with Gasteiger partial charge >= 0.3 is 0 Å². The second-order valence-electron chi connectivity index (χ2n) is 7.37. The van der Waals surface area contributed by atoms with Crippen molar-refractivity contribution in [3.8, 4) is 22.9 Å². The van der Waals surface area contributed by atoms with Crippen molar-refractivity contribution in [1.82, 2.24) is 0 Å². The molecule has 0 radical (unpaired) electrons. The number of hydrogen-bond acceptors (Lipinski definition) is 0. The van der Waals surface area contributed by atoms with Crippen LogP contribution in [0.1, 0.15) is 44.9 Å². The zero-order valence-corrected chi connectivity index (χ0v) is 15.9. The molecule has 0 aromatic heterocycles. The van der Waals surface area contributed by atoms with Gasteiger partial charge < -0.3 is 0 Å². The summed E-state index contributed by atoms with van der Waals surface area (Å²) in [4.78, 5) is 0. The molecule has 0 N–H and O–H groups in total. The molecule has 0 amide bonds. The molecule has 0 aliphatic heterocycles. The van der Waals surface area contributed by atoms with Crippen LogP contribution in [-0.2, 0) is 0 Å². The number of unbranched alkanes of at least 4 members (excludes halogenated alkanes) is 6. The molecule has 0 bridgehead atoms. The van der Waals surface area contributed by atoms with Crippen LogP contribution in [0.5, 0.6) is 0 Å². The Morgan fingerprint density at radius 3 is 1.16 bits per heavy atom.